The van der Waals surface area contributed by atoms with Crippen LogP contribution in [-0.4, -0.2) is 45.1 Å². The molecule has 2 atom stereocenters. The summed E-state index contributed by atoms with van der Waals surface area (Å²) in [7, 11) is 0. The molecule has 9 heteroatoms. The molecule has 1 fully saturated rings. The molecule has 168 valence electrons. The van der Waals surface area contributed by atoms with Crippen molar-refractivity contribution in [2.24, 2.45) is 0 Å². The third-order valence-electron chi connectivity index (χ3n) is 6.23. The summed E-state index contributed by atoms with van der Waals surface area (Å²) in [4.78, 5) is 19.3. The molecule has 2 aromatic heterocycles. The lowest BCUT2D eigenvalue weighted by atomic mass is 9.92. The third kappa shape index (κ3) is 3.74. The lowest BCUT2D eigenvalue weighted by Gasteiger charge is -2.35. The van der Waals surface area contributed by atoms with Gasteiger partial charge in [0.25, 0.3) is 5.91 Å². The highest BCUT2D eigenvalue weighted by molar-refractivity contribution is 5.83. The number of fused-ring (bicyclic) bond motifs is 2. The summed E-state index contributed by atoms with van der Waals surface area (Å²) >= 11 is 0. The van der Waals surface area contributed by atoms with E-state index in [9.17, 15) is 18.0 Å². The minimum Gasteiger partial charge on any atom is -0.363 e. The van der Waals surface area contributed by atoms with E-state index < -0.39 is 18.0 Å². The Bertz CT molecular complexity index is 1170. The molecular weight excluding hydrogens is 421 g/mol. The predicted octanol–water partition coefficient (Wildman–Crippen LogP) is 4.08. The number of aromatic nitrogens is 3. The number of likely N-dealkylation sites (tertiary alicyclic amines) is 1. The normalized spacial score (nSPS) is 21.6. The maximum absolute atomic E-state index is 13.5. The van der Waals surface area contributed by atoms with Crippen LogP contribution in [0.3, 0.4) is 0 Å². The highest BCUT2D eigenvalue weighted by atomic mass is 19.4. The second kappa shape index (κ2) is 7.88. The number of aryl methyl sites for hydroxylation is 1. The molecule has 32 heavy (non-hydrogen) atoms. The number of rotatable bonds is 2. The van der Waals surface area contributed by atoms with Crippen molar-refractivity contribution in [1.29, 1.82) is 0 Å². The van der Waals surface area contributed by atoms with Gasteiger partial charge in [0.05, 0.1) is 12.3 Å². The van der Waals surface area contributed by atoms with Gasteiger partial charge in [0.1, 0.15) is 5.69 Å². The summed E-state index contributed by atoms with van der Waals surface area (Å²) in [6.07, 6.45) is -2.90. The fourth-order valence-corrected chi connectivity index (χ4v) is 4.70. The number of ether oxygens (including phenoxy) is 1. The Morgan fingerprint density at radius 1 is 1.22 bits per heavy atom. The zero-order valence-electron chi connectivity index (χ0n) is 17.6. The number of benzene rings is 1. The van der Waals surface area contributed by atoms with Gasteiger partial charge in [0, 0.05) is 30.8 Å². The van der Waals surface area contributed by atoms with E-state index in [0.717, 1.165) is 41.0 Å². The van der Waals surface area contributed by atoms with Crippen LogP contribution in [0.2, 0.25) is 0 Å². The topological polar surface area (TPSA) is 59.7 Å². The van der Waals surface area contributed by atoms with Crippen LogP contribution >= 0.6 is 0 Å². The lowest BCUT2D eigenvalue weighted by molar-refractivity contribution is -0.146. The number of hydrogen-bond acceptors (Lipinski definition) is 4. The SMILES string of the molecule is Cc1cc(C(F)(F)F)n2nc([C@@H]3CCCN(C(=O)[C@H]4OCCc5ccccc54)C3)cc2n1. The molecule has 2 aliphatic rings. The van der Waals surface area contributed by atoms with Crippen molar-refractivity contribution in [3.8, 4) is 0 Å². The molecule has 0 bridgehead atoms. The number of nitrogens with zero attached hydrogens (tertiary/aromatic N) is 4. The fraction of sp³-hybridized carbons (Fsp3) is 0.435. The molecule has 0 saturated carbocycles. The van der Waals surface area contributed by atoms with Gasteiger partial charge in [0.2, 0.25) is 0 Å². The summed E-state index contributed by atoms with van der Waals surface area (Å²) in [5, 5.41) is 4.25. The largest absolute Gasteiger partial charge is 0.433 e. The second-order valence-corrected chi connectivity index (χ2v) is 8.44. The van der Waals surface area contributed by atoms with Gasteiger partial charge >= 0.3 is 6.18 Å². The van der Waals surface area contributed by atoms with Gasteiger partial charge < -0.3 is 9.64 Å². The van der Waals surface area contributed by atoms with Crippen molar-refractivity contribution < 1.29 is 22.7 Å². The minimum absolute atomic E-state index is 0.101. The summed E-state index contributed by atoms with van der Waals surface area (Å²) in [6, 6.07) is 10.4. The van der Waals surface area contributed by atoms with Gasteiger partial charge in [0.15, 0.2) is 11.8 Å². The summed E-state index contributed by atoms with van der Waals surface area (Å²) in [5.74, 6) is -0.259. The van der Waals surface area contributed by atoms with Crippen molar-refractivity contribution >= 4 is 11.6 Å². The van der Waals surface area contributed by atoms with Crippen LogP contribution in [0.15, 0.2) is 36.4 Å². The zero-order valence-corrected chi connectivity index (χ0v) is 17.6. The van der Waals surface area contributed by atoms with Crippen LogP contribution in [-0.2, 0) is 22.1 Å². The van der Waals surface area contributed by atoms with Crippen molar-refractivity contribution in [3.63, 3.8) is 0 Å². The number of carbonyl (C=O) groups excluding carboxylic acids is 1. The molecule has 0 unspecified atom stereocenters. The Kier molecular flexibility index (Phi) is 5.16. The molecule has 0 N–H and O–H groups in total. The highest BCUT2D eigenvalue weighted by Crippen LogP contribution is 2.34. The van der Waals surface area contributed by atoms with Gasteiger partial charge in [-0.3, -0.25) is 4.79 Å². The maximum atomic E-state index is 13.5. The monoisotopic (exact) mass is 444 g/mol. The van der Waals surface area contributed by atoms with Gasteiger partial charge in [-0.25, -0.2) is 9.50 Å². The lowest BCUT2D eigenvalue weighted by Crippen LogP contribution is -2.43. The smallest absolute Gasteiger partial charge is 0.363 e. The van der Waals surface area contributed by atoms with Gasteiger partial charge in [-0.1, -0.05) is 24.3 Å². The molecule has 1 saturated heterocycles. The van der Waals surface area contributed by atoms with Crippen molar-refractivity contribution in [2.45, 2.75) is 44.4 Å². The number of alkyl halides is 3. The molecule has 3 aromatic rings. The van der Waals surface area contributed by atoms with E-state index >= 15 is 0 Å². The standard InChI is InChI=1S/C23H23F3N4O2/c1-14-11-19(23(24,25)26)30-20(27-14)12-18(28-30)16-6-4-9-29(13-16)22(31)21-17-7-3-2-5-15(17)8-10-32-21/h2-3,5,7,11-12,16,21H,4,6,8-10,13H2,1H3/t16-,21+/m1/s1. The van der Waals surface area contributed by atoms with Crippen LogP contribution in [0.1, 0.15) is 53.1 Å². The Morgan fingerprint density at radius 2 is 2.03 bits per heavy atom. The first kappa shape index (κ1) is 20.9. The van der Waals surface area contributed by atoms with Crippen molar-refractivity contribution in [3.05, 3.63) is 64.6 Å². The molecule has 6 nitrogen and oxygen atoms in total. The van der Waals surface area contributed by atoms with E-state index in [0.29, 0.717) is 25.4 Å². The van der Waals surface area contributed by atoms with Crippen molar-refractivity contribution in [1.82, 2.24) is 19.5 Å². The van der Waals surface area contributed by atoms with E-state index in [4.69, 9.17) is 4.74 Å². The molecule has 0 aliphatic carbocycles. The molecule has 5 rings (SSSR count). The number of carbonyl (C=O) groups is 1. The number of halogens is 3. The van der Waals surface area contributed by atoms with Crippen molar-refractivity contribution in [2.75, 3.05) is 19.7 Å². The van der Waals surface area contributed by atoms with E-state index in [-0.39, 0.29) is 23.2 Å². The molecule has 4 heterocycles. The quantitative estimate of drug-likeness (QED) is 0.598. The van der Waals surface area contributed by atoms with Gasteiger partial charge in [-0.15, -0.1) is 0 Å². The molecule has 0 radical (unpaired) electrons. The van der Waals surface area contributed by atoms with E-state index in [1.54, 1.807) is 11.0 Å². The minimum atomic E-state index is -4.53. The summed E-state index contributed by atoms with van der Waals surface area (Å²) in [6.45, 7) is 3.01. The maximum Gasteiger partial charge on any atom is 0.433 e. The molecule has 0 spiro atoms. The average molecular weight is 444 g/mol. The highest BCUT2D eigenvalue weighted by Gasteiger charge is 2.37. The van der Waals surface area contributed by atoms with Crippen LogP contribution in [0.25, 0.3) is 5.65 Å². The van der Waals surface area contributed by atoms with Gasteiger partial charge in [-0.05, 0) is 43.4 Å². The van der Waals surface area contributed by atoms with Crippen LogP contribution in [0.5, 0.6) is 0 Å². The first-order valence-corrected chi connectivity index (χ1v) is 10.7. The molecular formula is C23H23F3N4O2. The third-order valence-corrected chi connectivity index (χ3v) is 6.23. The van der Waals surface area contributed by atoms with E-state index in [1.807, 2.05) is 24.3 Å². The van der Waals surface area contributed by atoms with E-state index in [2.05, 4.69) is 10.1 Å². The number of hydrogen-bond donors (Lipinski definition) is 0. The summed E-state index contributed by atoms with van der Waals surface area (Å²) < 4.78 is 47.2. The number of amides is 1. The molecule has 2 aliphatic heterocycles. The average Bonchev–Trinajstić information content (AvgIpc) is 3.21. The first-order valence-electron chi connectivity index (χ1n) is 10.7. The summed E-state index contributed by atoms with van der Waals surface area (Å²) in [5.41, 5.74) is 2.14. The Hall–Kier alpha value is -2.94. The zero-order chi connectivity index (χ0) is 22.5. The molecule has 1 amide bonds. The van der Waals surface area contributed by atoms with Crippen LogP contribution < -0.4 is 0 Å². The van der Waals surface area contributed by atoms with E-state index in [1.165, 1.54) is 6.92 Å². The van der Waals surface area contributed by atoms with Crippen LogP contribution in [0.4, 0.5) is 13.2 Å². The number of piperidine rings is 1. The van der Waals surface area contributed by atoms with Gasteiger partial charge in [-0.2, -0.15) is 18.3 Å². The second-order valence-electron chi connectivity index (χ2n) is 8.44. The molecule has 1 aromatic carbocycles. The fourth-order valence-electron chi connectivity index (χ4n) is 4.70. The predicted molar refractivity (Wildman–Crippen MR) is 110 cm³/mol. The Balaban J connectivity index is 1.41. The Morgan fingerprint density at radius 3 is 2.84 bits per heavy atom. The Labute approximate surface area is 183 Å². The van der Waals surface area contributed by atoms with Crippen LogP contribution in [0, 0.1) is 6.92 Å². The first-order chi connectivity index (χ1) is 15.3.